The SMILES string of the molecule is COC(=O)c1ccc(Cc2ccccn2)c([N+](=O)[O-])c1. The van der Waals surface area contributed by atoms with Crippen molar-refractivity contribution in [2.75, 3.05) is 7.11 Å². The number of hydrogen-bond donors (Lipinski definition) is 0. The van der Waals surface area contributed by atoms with Crippen LogP contribution in [0.5, 0.6) is 0 Å². The van der Waals surface area contributed by atoms with Crippen molar-refractivity contribution in [3.8, 4) is 0 Å². The number of carbonyl (C=O) groups is 1. The minimum atomic E-state index is -0.600. The number of nitro groups is 1. The first kappa shape index (κ1) is 13.7. The van der Waals surface area contributed by atoms with Gasteiger partial charge in [0, 0.05) is 29.9 Å². The van der Waals surface area contributed by atoms with Crippen LogP contribution in [-0.2, 0) is 11.2 Å². The van der Waals surface area contributed by atoms with Crippen LogP contribution in [0.3, 0.4) is 0 Å². The Labute approximate surface area is 115 Å². The number of benzene rings is 1. The first-order valence-corrected chi connectivity index (χ1v) is 5.87. The molecule has 0 saturated heterocycles. The van der Waals surface area contributed by atoms with E-state index in [1.807, 2.05) is 6.07 Å². The summed E-state index contributed by atoms with van der Waals surface area (Å²) in [5.41, 5.74) is 1.27. The number of pyridine rings is 1. The zero-order valence-corrected chi connectivity index (χ0v) is 10.8. The third-order valence-electron chi connectivity index (χ3n) is 2.80. The fraction of sp³-hybridized carbons (Fsp3) is 0.143. The normalized spacial score (nSPS) is 10.1. The molecular formula is C14H12N2O4. The predicted octanol–water partition coefficient (Wildman–Crippen LogP) is 2.37. The van der Waals surface area contributed by atoms with Crippen molar-refractivity contribution < 1.29 is 14.5 Å². The van der Waals surface area contributed by atoms with Crippen LogP contribution < -0.4 is 0 Å². The second kappa shape index (κ2) is 5.92. The topological polar surface area (TPSA) is 82.3 Å². The maximum absolute atomic E-state index is 11.4. The van der Waals surface area contributed by atoms with Gasteiger partial charge < -0.3 is 4.74 Å². The zero-order valence-electron chi connectivity index (χ0n) is 10.8. The fourth-order valence-corrected chi connectivity index (χ4v) is 1.83. The van der Waals surface area contributed by atoms with Crippen molar-refractivity contribution in [2.45, 2.75) is 6.42 Å². The Bertz CT molecular complexity index is 641. The summed E-state index contributed by atoms with van der Waals surface area (Å²) in [5.74, 6) is -0.600. The van der Waals surface area contributed by atoms with Crippen molar-refractivity contribution in [1.29, 1.82) is 0 Å². The van der Waals surface area contributed by atoms with Gasteiger partial charge >= 0.3 is 5.97 Å². The van der Waals surface area contributed by atoms with Gasteiger partial charge in [0.1, 0.15) is 0 Å². The Morgan fingerprint density at radius 2 is 2.15 bits per heavy atom. The molecule has 2 rings (SSSR count). The predicted molar refractivity (Wildman–Crippen MR) is 71.5 cm³/mol. The minimum absolute atomic E-state index is 0.112. The molecule has 1 aromatic carbocycles. The summed E-state index contributed by atoms with van der Waals surface area (Å²) in [6.45, 7) is 0. The highest BCUT2D eigenvalue weighted by Crippen LogP contribution is 2.23. The molecule has 0 radical (unpaired) electrons. The largest absolute Gasteiger partial charge is 0.465 e. The molecule has 6 heteroatoms. The molecule has 0 bridgehead atoms. The van der Waals surface area contributed by atoms with Crippen LogP contribution in [0.25, 0.3) is 0 Å². The molecule has 0 unspecified atom stereocenters. The lowest BCUT2D eigenvalue weighted by Gasteiger charge is -2.05. The summed E-state index contributed by atoms with van der Waals surface area (Å²) in [7, 11) is 1.23. The highest BCUT2D eigenvalue weighted by molar-refractivity contribution is 5.90. The lowest BCUT2D eigenvalue weighted by Crippen LogP contribution is -2.04. The Morgan fingerprint density at radius 1 is 1.35 bits per heavy atom. The summed E-state index contributed by atoms with van der Waals surface area (Å²) in [5, 5.41) is 11.1. The van der Waals surface area contributed by atoms with Gasteiger partial charge in [-0.05, 0) is 18.2 Å². The average molecular weight is 272 g/mol. The molecule has 2 aromatic rings. The van der Waals surface area contributed by atoms with E-state index in [4.69, 9.17) is 0 Å². The number of aromatic nitrogens is 1. The van der Waals surface area contributed by atoms with E-state index in [0.29, 0.717) is 12.0 Å². The summed E-state index contributed by atoms with van der Waals surface area (Å²) >= 11 is 0. The van der Waals surface area contributed by atoms with E-state index in [1.54, 1.807) is 24.4 Å². The summed E-state index contributed by atoms with van der Waals surface area (Å²) in [4.78, 5) is 26.1. The Balaban J connectivity index is 2.38. The lowest BCUT2D eigenvalue weighted by molar-refractivity contribution is -0.385. The monoisotopic (exact) mass is 272 g/mol. The summed E-state index contributed by atoms with van der Waals surface area (Å²) in [6, 6.07) is 9.67. The van der Waals surface area contributed by atoms with Crippen molar-refractivity contribution >= 4 is 11.7 Å². The Morgan fingerprint density at radius 3 is 2.75 bits per heavy atom. The van der Waals surface area contributed by atoms with Gasteiger partial charge in [0.2, 0.25) is 0 Å². The van der Waals surface area contributed by atoms with E-state index >= 15 is 0 Å². The first-order chi connectivity index (χ1) is 9.61. The van der Waals surface area contributed by atoms with Crippen LogP contribution in [0.1, 0.15) is 21.6 Å². The number of hydrogen-bond acceptors (Lipinski definition) is 5. The highest BCUT2D eigenvalue weighted by Gasteiger charge is 2.18. The summed E-state index contributed by atoms with van der Waals surface area (Å²) < 4.78 is 4.56. The van der Waals surface area contributed by atoms with Crippen molar-refractivity contribution in [3.63, 3.8) is 0 Å². The summed E-state index contributed by atoms with van der Waals surface area (Å²) in [6.07, 6.45) is 1.96. The molecule has 0 aliphatic heterocycles. The van der Waals surface area contributed by atoms with E-state index < -0.39 is 10.9 Å². The van der Waals surface area contributed by atoms with E-state index in [9.17, 15) is 14.9 Å². The molecule has 0 N–H and O–H groups in total. The number of methoxy groups -OCH3 is 1. The van der Waals surface area contributed by atoms with Gasteiger partial charge in [-0.25, -0.2) is 4.79 Å². The van der Waals surface area contributed by atoms with E-state index in [1.165, 1.54) is 19.2 Å². The van der Waals surface area contributed by atoms with E-state index in [-0.39, 0.29) is 11.3 Å². The Hall–Kier alpha value is -2.76. The van der Waals surface area contributed by atoms with Gasteiger partial charge in [-0.1, -0.05) is 12.1 Å². The molecule has 102 valence electrons. The lowest BCUT2D eigenvalue weighted by atomic mass is 10.0. The van der Waals surface area contributed by atoms with Crippen molar-refractivity contribution in [2.24, 2.45) is 0 Å². The molecule has 0 atom stereocenters. The van der Waals surface area contributed by atoms with Crippen LogP contribution >= 0.6 is 0 Å². The van der Waals surface area contributed by atoms with Gasteiger partial charge in [-0.2, -0.15) is 0 Å². The van der Waals surface area contributed by atoms with Gasteiger partial charge in [0.25, 0.3) is 5.69 Å². The molecule has 0 aliphatic carbocycles. The minimum Gasteiger partial charge on any atom is -0.465 e. The second-order valence-electron chi connectivity index (χ2n) is 4.09. The molecule has 0 amide bonds. The van der Waals surface area contributed by atoms with Gasteiger partial charge in [0.05, 0.1) is 17.6 Å². The van der Waals surface area contributed by atoms with Crippen LogP contribution in [0.4, 0.5) is 5.69 Å². The molecule has 0 spiro atoms. The van der Waals surface area contributed by atoms with Crippen LogP contribution in [0, 0.1) is 10.1 Å². The van der Waals surface area contributed by atoms with Crippen LogP contribution in [-0.4, -0.2) is 23.0 Å². The maximum atomic E-state index is 11.4. The molecule has 0 aliphatic rings. The molecule has 6 nitrogen and oxygen atoms in total. The average Bonchev–Trinajstić information content (AvgIpc) is 2.47. The van der Waals surface area contributed by atoms with Crippen LogP contribution in [0.2, 0.25) is 0 Å². The highest BCUT2D eigenvalue weighted by atomic mass is 16.6. The number of nitrogens with zero attached hydrogens (tertiary/aromatic N) is 2. The van der Waals surface area contributed by atoms with Gasteiger partial charge in [-0.3, -0.25) is 15.1 Å². The van der Waals surface area contributed by atoms with Gasteiger partial charge in [0.15, 0.2) is 0 Å². The van der Waals surface area contributed by atoms with Crippen LogP contribution in [0.15, 0.2) is 42.6 Å². The smallest absolute Gasteiger partial charge is 0.338 e. The molecule has 1 aromatic heterocycles. The number of rotatable bonds is 4. The third kappa shape index (κ3) is 2.97. The molecule has 20 heavy (non-hydrogen) atoms. The Kier molecular flexibility index (Phi) is 4.05. The van der Waals surface area contributed by atoms with Crippen molar-refractivity contribution in [3.05, 3.63) is 69.5 Å². The molecule has 1 heterocycles. The van der Waals surface area contributed by atoms with E-state index in [0.717, 1.165) is 5.69 Å². The number of nitro benzene ring substituents is 1. The third-order valence-corrected chi connectivity index (χ3v) is 2.80. The molecule has 0 fully saturated rings. The van der Waals surface area contributed by atoms with Crippen molar-refractivity contribution in [1.82, 2.24) is 4.98 Å². The number of carbonyl (C=O) groups excluding carboxylic acids is 1. The maximum Gasteiger partial charge on any atom is 0.338 e. The number of ether oxygens (including phenoxy) is 1. The number of esters is 1. The van der Waals surface area contributed by atoms with Gasteiger partial charge in [-0.15, -0.1) is 0 Å². The zero-order chi connectivity index (χ0) is 14.5. The van der Waals surface area contributed by atoms with E-state index in [2.05, 4.69) is 9.72 Å². The quantitative estimate of drug-likeness (QED) is 0.484. The first-order valence-electron chi connectivity index (χ1n) is 5.87. The molecule has 0 saturated carbocycles. The standard InChI is InChI=1S/C14H12N2O4/c1-20-14(17)11-6-5-10(13(9-11)16(18)19)8-12-4-2-3-7-15-12/h2-7,9H,8H2,1H3. The second-order valence-corrected chi connectivity index (χ2v) is 4.09. The fourth-order valence-electron chi connectivity index (χ4n) is 1.83. The molecular weight excluding hydrogens is 260 g/mol.